The zero-order chi connectivity index (χ0) is 17.2. The van der Waals surface area contributed by atoms with Crippen LogP contribution in [0.1, 0.15) is 55.5 Å². The first-order chi connectivity index (χ1) is 11.7. The second-order valence-corrected chi connectivity index (χ2v) is 6.91. The van der Waals surface area contributed by atoms with Crippen LogP contribution in [0.3, 0.4) is 0 Å². The average molecular weight is 343 g/mol. The molecule has 0 saturated heterocycles. The highest BCUT2D eigenvalue weighted by Gasteiger charge is 2.08. The van der Waals surface area contributed by atoms with Crippen molar-refractivity contribution in [3.05, 3.63) is 59.7 Å². The number of thioether (sulfide) groups is 1. The van der Waals surface area contributed by atoms with Gasteiger partial charge in [-0.2, -0.15) is 0 Å². The molecular weight excluding hydrogens is 316 g/mol. The molecule has 0 unspecified atom stereocenters. The molecule has 0 radical (unpaired) electrons. The van der Waals surface area contributed by atoms with Gasteiger partial charge >= 0.3 is 0 Å². The minimum atomic E-state index is 0.0655. The Kier molecular flexibility index (Phi) is 7.90. The second kappa shape index (κ2) is 10.2. The van der Waals surface area contributed by atoms with Crippen LogP contribution < -0.4 is 4.74 Å². The van der Waals surface area contributed by atoms with Gasteiger partial charge in [0.05, 0.1) is 6.61 Å². The van der Waals surface area contributed by atoms with Crippen molar-refractivity contribution in [2.24, 2.45) is 0 Å². The van der Waals surface area contributed by atoms with Gasteiger partial charge in [-0.05, 0) is 73.0 Å². The van der Waals surface area contributed by atoms with E-state index in [4.69, 9.17) is 4.74 Å². The van der Waals surface area contributed by atoms with Gasteiger partial charge in [-0.15, -0.1) is 0 Å². The highest BCUT2D eigenvalue weighted by molar-refractivity contribution is 8.14. The highest BCUT2D eigenvalue weighted by atomic mass is 32.2. The molecule has 0 aromatic heterocycles. The van der Waals surface area contributed by atoms with Gasteiger partial charge in [0.15, 0.2) is 0 Å². The number of hydrogen-bond donors (Lipinski definition) is 0. The number of benzene rings is 2. The highest BCUT2D eigenvalue weighted by Crippen LogP contribution is 2.24. The fourth-order valence-electron chi connectivity index (χ4n) is 2.38. The Morgan fingerprint density at radius 1 is 0.917 bits per heavy atom. The predicted molar refractivity (Wildman–Crippen MR) is 102 cm³/mol. The van der Waals surface area contributed by atoms with E-state index >= 15 is 0 Å². The van der Waals surface area contributed by atoms with E-state index in [0.29, 0.717) is 12.2 Å². The lowest BCUT2D eigenvalue weighted by Crippen LogP contribution is -1.97. The molecule has 0 fully saturated rings. The van der Waals surface area contributed by atoms with Gasteiger partial charge in [0.25, 0.3) is 0 Å². The zero-order valence-electron chi connectivity index (χ0n) is 14.6. The molecule has 0 bridgehead atoms. The third kappa shape index (κ3) is 6.04. The maximum atomic E-state index is 12.4. The molecule has 0 heterocycles. The summed E-state index contributed by atoms with van der Waals surface area (Å²) in [4.78, 5) is 13.3. The van der Waals surface area contributed by atoms with Crippen LogP contribution in [-0.2, 0) is 6.42 Å². The maximum Gasteiger partial charge on any atom is 0.224 e. The van der Waals surface area contributed by atoms with Gasteiger partial charge in [0.2, 0.25) is 5.12 Å². The number of aryl methyl sites for hydroxylation is 1. The Morgan fingerprint density at radius 3 is 2.25 bits per heavy atom. The van der Waals surface area contributed by atoms with Crippen molar-refractivity contribution in [3.63, 3.8) is 0 Å². The van der Waals surface area contributed by atoms with Crippen LogP contribution in [0.25, 0.3) is 0 Å². The van der Waals surface area contributed by atoms with Crippen molar-refractivity contribution in [3.8, 4) is 5.75 Å². The van der Waals surface area contributed by atoms with Crippen LogP contribution in [-0.4, -0.2) is 11.7 Å². The summed E-state index contributed by atoms with van der Waals surface area (Å²) in [5, 5.41) is 0.0655. The summed E-state index contributed by atoms with van der Waals surface area (Å²) >= 11 is 1.28. The van der Waals surface area contributed by atoms with Crippen LogP contribution in [0.4, 0.5) is 0 Å². The molecule has 24 heavy (non-hydrogen) atoms. The van der Waals surface area contributed by atoms with Crippen molar-refractivity contribution in [2.45, 2.75) is 50.8 Å². The number of rotatable bonds is 9. The van der Waals surface area contributed by atoms with Gasteiger partial charge in [0, 0.05) is 10.5 Å². The standard InChI is InChI=1S/C21H26O2S/c1-3-5-6-7-17-8-14-20(15-9-17)24-21(22)18-10-12-19(13-11-18)23-16-4-2/h8-15H,3-7,16H2,1-2H3. The predicted octanol–water partition coefficient (Wildman–Crippen LogP) is 6.14. The molecule has 0 aliphatic rings. The van der Waals surface area contributed by atoms with Gasteiger partial charge < -0.3 is 4.74 Å². The first-order valence-corrected chi connectivity index (χ1v) is 9.58. The van der Waals surface area contributed by atoms with Crippen molar-refractivity contribution in [2.75, 3.05) is 6.61 Å². The van der Waals surface area contributed by atoms with E-state index in [2.05, 4.69) is 26.0 Å². The molecule has 2 aromatic rings. The van der Waals surface area contributed by atoms with Crippen molar-refractivity contribution < 1.29 is 9.53 Å². The molecule has 0 N–H and O–H groups in total. The molecule has 128 valence electrons. The molecule has 0 aliphatic carbocycles. The van der Waals surface area contributed by atoms with Gasteiger partial charge in [-0.1, -0.05) is 38.8 Å². The van der Waals surface area contributed by atoms with E-state index in [0.717, 1.165) is 23.5 Å². The lowest BCUT2D eigenvalue weighted by molar-refractivity contribution is 0.108. The van der Waals surface area contributed by atoms with Gasteiger partial charge in [0.1, 0.15) is 5.75 Å². The normalized spacial score (nSPS) is 10.6. The Hall–Kier alpha value is -1.74. The van der Waals surface area contributed by atoms with E-state index in [9.17, 15) is 4.79 Å². The quantitative estimate of drug-likeness (QED) is 0.404. The van der Waals surface area contributed by atoms with Crippen molar-refractivity contribution in [1.29, 1.82) is 0 Å². The fraction of sp³-hybridized carbons (Fsp3) is 0.381. The van der Waals surface area contributed by atoms with Gasteiger partial charge in [-0.3, -0.25) is 4.79 Å². The smallest absolute Gasteiger partial charge is 0.224 e. The minimum Gasteiger partial charge on any atom is -0.494 e. The summed E-state index contributed by atoms with van der Waals surface area (Å²) in [5.74, 6) is 0.815. The Bertz CT molecular complexity index is 617. The molecule has 0 aliphatic heterocycles. The molecular formula is C21H26O2S. The van der Waals surface area contributed by atoms with E-state index < -0.39 is 0 Å². The Balaban J connectivity index is 1.89. The molecule has 2 aromatic carbocycles. The maximum absolute atomic E-state index is 12.4. The van der Waals surface area contributed by atoms with E-state index in [1.165, 1.54) is 36.6 Å². The SMILES string of the molecule is CCCCCc1ccc(SC(=O)c2ccc(OCCC)cc2)cc1. The molecule has 0 spiro atoms. The Labute approximate surface area is 149 Å². The molecule has 0 saturated carbocycles. The van der Waals surface area contributed by atoms with Crippen molar-refractivity contribution in [1.82, 2.24) is 0 Å². The third-order valence-corrected chi connectivity index (χ3v) is 4.69. The summed E-state index contributed by atoms with van der Waals surface area (Å²) in [5.41, 5.74) is 2.05. The molecule has 0 atom stereocenters. The summed E-state index contributed by atoms with van der Waals surface area (Å²) < 4.78 is 5.54. The first-order valence-electron chi connectivity index (χ1n) is 8.77. The Morgan fingerprint density at radius 2 is 1.62 bits per heavy atom. The zero-order valence-corrected chi connectivity index (χ0v) is 15.4. The minimum absolute atomic E-state index is 0.0655. The van der Waals surface area contributed by atoms with E-state index in [1.807, 2.05) is 36.4 Å². The third-order valence-electron chi connectivity index (χ3n) is 3.77. The van der Waals surface area contributed by atoms with E-state index in [1.54, 1.807) is 0 Å². The van der Waals surface area contributed by atoms with Crippen LogP contribution in [0.2, 0.25) is 0 Å². The number of ether oxygens (including phenoxy) is 1. The fourth-order valence-corrected chi connectivity index (χ4v) is 3.12. The second-order valence-electron chi connectivity index (χ2n) is 5.86. The molecule has 2 nitrogen and oxygen atoms in total. The molecule has 0 amide bonds. The summed E-state index contributed by atoms with van der Waals surface area (Å²) in [6.45, 7) is 4.99. The van der Waals surface area contributed by atoms with Crippen LogP contribution in [0.15, 0.2) is 53.4 Å². The van der Waals surface area contributed by atoms with Crippen LogP contribution >= 0.6 is 11.8 Å². The lowest BCUT2D eigenvalue weighted by Gasteiger charge is -2.06. The average Bonchev–Trinajstić information content (AvgIpc) is 2.62. The van der Waals surface area contributed by atoms with Crippen LogP contribution in [0, 0.1) is 0 Å². The lowest BCUT2D eigenvalue weighted by atomic mass is 10.1. The molecule has 3 heteroatoms. The van der Waals surface area contributed by atoms with Crippen LogP contribution in [0.5, 0.6) is 5.75 Å². The number of unbranched alkanes of at least 4 members (excludes halogenated alkanes) is 2. The number of carbonyl (C=O) groups is 1. The first kappa shape index (κ1) is 18.6. The summed E-state index contributed by atoms with van der Waals surface area (Å²) in [6.07, 6.45) is 5.84. The summed E-state index contributed by atoms with van der Waals surface area (Å²) in [6, 6.07) is 15.7. The number of hydrogen-bond acceptors (Lipinski definition) is 3. The van der Waals surface area contributed by atoms with Crippen molar-refractivity contribution >= 4 is 16.9 Å². The molecule has 2 rings (SSSR count). The topological polar surface area (TPSA) is 26.3 Å². The number of carbonyl (C=O) groups excluding carboxylic acids is 1. The largest absolute Gasteiger partial charge is 0.494 e. The van der Waals surface area contributed by atoms with E-state index in [-0.39, 0.29) is 5.12 Å². The van der Waals surface area contributed by atoms with Gasteiger partial charge in [-0.25, -0.2) is 0 Å². The summed E-state index contributed by atoms with van der Waals surface area (Å²) in [7, 11) is 0. The monoisotopic (exact) mass is 342 g/mol.